The van der Waals surface area contributed by atoms with Crippen molar-refractivity contribution in [2.24, 2.45) is 0 Å². The first kappa shape index (κ1) is 14.3. The maximum absolute atomic E-state index is 12.3. The third-order valence-corrected chi connectivity index (χ3v) is 3.99. The van der Waals surface area contributed by atoms with Crippen LogP contribution < -0.4 is 5.32 Å². The van der Waals surface area contributed by atoms with Gasteiger partial charge in [-0.05, 0) is 30.0 Å². The highest BCUT2D eigenvalue weighted by Crippen LogP contribution is 2.22. The van der Waals surface area contributed by atoms with Gasteiger partial charge in [-0.2, -0.15) is 0 Å². The van der Waals surface area contributed by atoms with Crippen LogP contribution in [0.3, 0.4) is 0 Å². The molecule has 104 valence electrons. The number of carbonyl (C=O) groups is 2. The highest BCUT2D eigenvalue weighted by molar-refractivity contribution is 7.10. The molecule has 0 fully saturated rings. The molecule has 0 radical (unpaired) electrons. The molecule has 1 atom stereocenters. The molecule has 0 bridgehead atoms. The van der Waals surface area contributed by atoms with E-state index in [9.17, 15) is 9.59 Å². The van der Waals surface area contributed by atoms with Crippen LogP contribution in [0.4, 0.5) is 0 Å². The molecule has 20 heavy (non-hydrogen) atoms. The minimum atomic E-state index is -1.10. The van der Waals surface area contributed by atoms with Gasteiger partial charge in [0, 0.05) is 4.88 Å². The highest BCUT2D eigenvalue weighted by atomic mass is 32.1. The van der Waals surface area contributed by atoms with Crippen LogP contribution in [0.2, 0.25) is 0 Å². The fourth-order valence-corrected chi connectivity index (χ4v) is 2.83. The van der Waals surface area contributed by atoms with Crippen molar-refractivity contribution in [3.8, 4) is 0 Å². The summed E-state index contributed by atoms with van der Waals surface area (Å²) in [6, 6.07) is 10.0. The number of hydrogen-bond donors (Lipinski definition) is 2. The number of amides is 1. The van der Waals surface area contributed by atoms with Gasteiger partial charge in [0.1, 0.15) is 0 Å². The molecule has 1 amide bonds. The zero-order valence-electron chi connectivity index (χ0n) is 11.0. The molecule has 1 aromatic carbocycles. The predicted octanol–water partition coefficient (Wildman–Crippen LogP) is 3.33. The van der Waals surface area contributed by atoms with Crippen LogP contribution in [0.25, 0.3) is 0 Å². The molecule has 2 rings (SSSR count). The lowest BCUT2D eigenvalue weighted by Crippen LogP contribution is -2.29. The monoisotopic (exact) mass is 289 g/mol. The third-order valence-electron chi connectivity index (χ3n) is 3.00. The fourth-order valence-electron chi connectivity index (χ4n) is 1.97. The normalized spacial score (nSPS) is 11.8. The molecule has 1 heterocycles. The molecule has 2 N–H and O–H groups in total. The Morgan fingerprint density at radius 2 is 1.90 bits per heavy atom. The highest BCUT2D eigenvalue weighted by Gasteiger charge is 2.19. The molecule has 0 spiro atoms. The largest absolute Gasteiger partial charge is 0.478 e. The van der Waals surface area contributed by atoms with Crippen molar-refractivity contribution in [2.75, 3.05) is 0 Å². The summed E-state index contributed by atoms with van der Waals surface area (Å²) in [4.78, 5) is 24.5. The van der Waals surface area contributed by atoms with Crippen LogP contribution in [-0.4, -0.2) is 17.0 Å². The summed E-state index contributed by atoms with van der Waals surface area (Å²) in [6.45, 7) is 1.98. The lowest BCUT2D eigenvalue weighted by molar-refractivity contribution is 0.0690. The minimum Gasteiger partial charge on any atom is -0.478 e. The summed E-state index contributed by atoms with van der Waals surface area (Å²) in [5.74, 6) is -1.46. The van der Waals surface area contributed by atoms with E-state index in [1.807, 2.05) is 24.4 Å². The SMILES string of the molecule is CCC(NC(=O)c1ccccc1C(=O)O)c1cccs1. The summed E-state index contributed by atoms with van der Waals surface area (Å²) in [7, 11) is 0. The Bertz CT molecular complexity index is 607. The maximum atomic E-state index is 12.3. The summed E-state index contributed by atoms with van der Waals surface area (Å²) in [5.41, 5.74) is 0.209. The Morgan fingerprint density at radius 3 is 2.45 bits per heavy atom. The second-order valence-electron chi connectivity index (χ2n) is 4.30. The number of nitrogens with one attached hydrogen (secondary N) is 1. The Labute approximate surface area is 121 Å². The third kappa shape index (κ3) is 3.05. The minimum absolute atomic E-state index is 0.0195. The van der Waals surface area contributed by atoms with Gasteiger partial charge in [0.25, 0.3) is 5.91 Å². The zero-order valence-corrected chi connectivity index (χ0v) is 11.8. The van der Waals surface area contributed by atoms with Gasteiger partial charge in [-0.1, -0.05) is 25.1 Å². The topological polar surface area (TPSA) is 66.4 Å². The van der Waals surface area contributed by atoms with E-state index in [-0.39, 0.29) is 23.1 Å². The lowest BCUT2D eigenvalue weighted by atomic mass is 10.1. The summed E-state index contributed by atoms with van der Waals surface area (Å²) in [5, 5.41) is 14.0. The fraction of sp³-hybridized carbons (Fsp3) is 0.200. The van der Waals surface area contributed by atoms with Crippen molar-refractivity contribution < 1.29 is 14.7 Å². The molecule has 1 aromatic heterocycles. The molecule has 2 aromatic rings. The van der Waals surface area contributed by atoms with Gasteiger partial charge in [-0.25, -0.2) is 4.79 Å². The van der Waals surface area contributed by atoms with E-state index in [1.54, 1.807) is 23.5 Å². The Kier molecular flexibility index (Phi) is 4.53. The maximum Gasteiger partial charge on any atom is 0.336 e. The van der Waals surface area contributed by atoms with E-state index in [0.717, 1.165) is 11.3 Å². The van der Waals surface area contributed by atoms with Gasteiger partial charge < -0.3 is 10.4 Å². The molecule has 0 aliphatic carbocycles. The van der Waals surface area contributed by atoms with E-state index in [4.69, 9.17) is 5.11 Å². The smallest absolute Gasteiger partial charge is 0.336 e. The molecular weight excluding hydrogens is 274 g/mol. The van der Waals surface area contributed by atoms with E-state index >= 15 is 0 Å². The average Bonchev–Trinajstić information content (AvgIpc) is 2.98. The average molecular weight is 289 g/mol. The number of carboxylic acid groups (broad SMARTS) is 1. The quantitative estimate of drug-likeness (QED) is 0.887. The van der Waals surface area contributed by atoms with Crippen LogP contribution in [0.1, 0.15) is 45.0 Å². The Morgan fingerprint density at radius 1 is 1.20 bits per heavy atom. The number of carbonyl (C=O) groups excluding carboxylic acids is 1. The molecule has 0 aliphatic heterocycles. The predicted molar refractivity (Wildman–Crippen MR) is 78.2 cm³/mol. The van der Waals surface area contributed by atoms with Crippen molar-refractivity contribution in [1.29, 1.82) is 0 Å². The number of benzene rings is 1. The Balaban J connectivity index is 2.22. The van der Waals surface area contributed by atoms with E-state index < -0.39 is 5.97 Å². The van der Waals surface area contributed by atoms with Crippen molar-refractivity contribution >= 4 is 23.2 Å². The number of thiophene rings is 1. The van der Waals surface area contributed by atoms with Gasteiger partial charge in [-0.3, -0.25) is 4.79 Å². The van der Waals surface area contributed by atoms with Crippen LogP contribution in [-0.2, 0) is 0 Å². The second kappa shape index (κ2) is 6.34. The molecule has 0 saturated carbocycles. The number of carboxylic acids is 1. The van der Waals surface area contributed by atoms with Crippen molar-refractivity contribution in [3.05, 3.63) is 57.8 Å². The summed E-state index contributed by atoms with van der Waals surface area (Å²) >= 11 is 1.57. The van der Waals surface area contributed by atoms with Crippen LogP contribution >= 0.6 is 11.3 Å². The number of aromatic carboxylic acids is 1. The van der Waals surface area contributed by atoms with Crippen LogP contribution in [0.15, 0.2) is 41.8 Å². The number of rotatable bonds is 5. The van der Waals surface area contributed by atoms with Gasteiger partial charge >= 0.3 is 5.97 Å². The molecule has 4 nitrogen and oxygen atoms in total. The van der Waals surface area contributed by atoms with Gasteiger partial charge in [-0.15, -0.1) is 11.3 Å². The van der Waals surface area contributed by atoms with Crippen molar-refractivity contribution in [3.63, 3.8) is 0 Å². The zero-order chi connectivity index (χ0) is 14.5. The first-order valence-electron chi connectivity index (χ1n) is 6.30. The molecular formula is C15H15NO3S. The first-order chi connectivity index (χ1) is 9.63. The summed E-state index contributed by atoms with van der Waals surface area (Å²) < 4.78 is 0. The van der Waals surface area contributed by atoms with Gasteiger partial charge in [0.05, 0.1) is 17.2 Å². The number of hydrogen-bond acceptors (Lipinski definition) is 3. The van der Waals surface area contributed by atoms with Crippen LogP contribution in [0.5, 0.6) is 0 Å². The lowest BCUT2D eigenvalue weighted by Gasteiger charge is -2.16. The van der Waals surface area contributed by atoms with E-state index in [2.05, 4.69) is 5.32 Å². The molecule has 1 unspecified atom stereocenters. The van der Waals surface area contributed by atoms with E-state index in [1.165, 1.54) is 12.1 Å². The van der Waals surface area contributed by atoms with Crippen LogP contribution in [0, 0.1) is 0 Å². The van der Waals surface area contributed by atoms with Crippen molar-refractivity contribution in [2.45, 2.75) is 19.4 Å². The standard InChI is InChI=1S/C15H15NO3S/c1-2-12(13-8-5-9-20-13)16-14(17)10-6-3-4-7-11(10)15(18)19/h3-9,12H,2H2,1H3,(H,16,17)(H,18,19). The Hall–Kier alpha value is -2.14. The van der Waals surface area contributed by atoms with Gasteiger partial charge in [0.15, 0.2) is 0 Å². The molecule has 0 aliphatic rings. The summed E-state index contributed by atoms with van der Waals surface area (Å²) in [6.07, 6.45) is 0.751. The molecule has 0 saturated heterocycles. The first-order valence-corrected chi connectivity index (χ1v) is 7.18. The van der Waals surface area contributed by atoms with E-state index in [0.29, 0.717) is 0 Å². The molecule has 5 heteroatoms. The van der Waals surface area contributed by atoms with Crippen molar-refractivity contribution in [1.82, 2.24) is 5.32 Å². The second-order valence-corrected chi connectivity index (χ2v) is 5.28. The van der Waals surface area contributed by atoms with Gasteiger partial charge in [0.2, 0.25) is 0 Å².